The van der Waals surface area contributed by atoms with Gasteiger partial charge < -0.3 is 24.3 Å². The third-order valence-electron chi connectivity index (χ3n) is 6.52. The number of imide groups is 1. The number of ether oxygens (including phenoxy) is 4. The lowest BCUT2D eigenvalue weighted by Crippen LogP contribution is -2.27. The summed E-state index contributed by atoms with van der Waals surface area (Å²) in [5.41, 5.74) is 2.99. The zero-order chi connectivity index (χ0) is 29.8. The van der Waals surface area contributed by atoms with E-state index in [4.69, 9.17) is 30.5 Å². The Bertz CT molecular complexity index is 1570. The molecule has 0 saturated carbocycles. The minimum absolute atomic E-state index is 0.00182. The van der Waals surface area contributed by atoms with Crippen LogP contribution in [-0.2, 0) is 16.1 Å². The highest BCUT2D eigenvalue weighted by Crippen LogP contribution is 2.40. The molecule has 2 aliphatic rings. The summed E-state index contributed by atoms with van der Waals surface area (Å²) in [7, 11) is 0. The van der Waals surface area contributed by atoms with E-state index in [9.17, 15) is 14.4 Å². The zero-order valence-electron chi connectivity index (χ0n) is 23.3. The van der Waals surface area contributed by atoms with Crippen molar-refractivity contribution in [2.75, 3.05) is 25.3 Å². The maximum absolute atomic E-state index is 13.2. The van der Waals surface area contributed by atoms with Gasteiger partial charge in [-0.1, -0.05) is 49.7 Å². The van der Waals surface area contributed by atoms with Crippen LogP contribution in [0.5, 0.6) is 23.0 Å². The summed E-state index contributed by atoms with van der Waals surface area (Å²) in [4.78, 5) is 39.9. The number of rotatable bonds is 10. The lowest BCUT2D eigenvalue weighted by atomic mass is 10.0. The number of hydrogen-bond acceptors (Lipinski definition) is 8. The monoisotopic (exact) mass is 608 g/mol. The number of carbonyl (C=O) groups is 3. The number of thioether (sulfide) groups is 1. The Balaban J connectivity index is 1.27. The van der Waals surface area contributed by atoms with Crippen LogP contribution < -0.4 is 24.3 Å². The third kappa shape index (κ3) is 6.50. The lowest BCUT2D eigenvalue weighted by Gasteiger charge is -2.15. The molecule has 11 heteroatoms. The quantitative estimate of drug-likeness (QED) is 0.249. The SMILES string of the molecule is CCOc1cc(/C=C2/SC(=O)N(Cc3cc4c(cc3Cl)OCO4)C2=O)ccc1OCC(=O)Nc1ccccc1C(C)C. The number of anilines is 1. The van der Waals surface area contributed by atoms with Gasteiger partial charge in [0.25, 0.3) is 17.1 Å². The van der Waals surface area contributed by atoms with Crippen LogP contribution in [0.15, 0.2) is 59.5 Å². The number of para-hydroxylation sites is 1. The molecule has 2 aliphatic heterocycles. The zero-order valence-corrected chi connectivity index (χ0v) is 24.8. The number of carbonyl (C=O) groups excluding carboxylic acids is 3. The maximum Gasteiger partial charge on any atom is 0.293 e. The van der Waals surface area contributed by atoms with E-state index in [0.29, 0.717) is 45.8 Å². The fourth-order valence-electron chi connectivity index (χ4n) is 4.48. The summed E-state index contributed by atoms with van der Waals surface area (Å²) in [5.74, 6) is 1.34. The van der Waals surface area contributed by atoms with Crippen LogP contribution >= 0.6 is 23.4 Å². The third-order valence-corrected chi connectivity index (χ3v) is 7.78. The van der Waals surface area contributed by atoms with Crippen LogP contribution in [0.4, 0.5) is 10.5 Å². The molecule has 218 valence electrons. The summed E-state index contributed by atoms with van der Waals surface area (Å²) >= 11 is 7.20. The van der Waals surface area contributed by atoms with Crippen molar-refractivity contribution in [2.24, 2.45) is 0 Å². The predicted molar refractivity (Wildman–Crippen MR) is 161 cm³/mol. The van der Waals surface area contributed by atoms with Gasteiger partial charge in [0.2, 0.25) is 6.79 Å². The highest BCUT2D eigenvalue weighted by molar-refractivity contribution is 8.18. The van der Waals surface area contributed by atoms with E-state index in [0.717, 1.165) is 27.9 Å². The predicted octanol–water partition coefficient (Wildman–Crippen LogP) is 6.84. The molecule has 3 amide bonds. The van der Waals surface area contributed by atoms with Gasteiger partial charge in [0.05, 0.1) is 18.1 Å². The number of nitrogens with one attached hydrogen (secondary N) is 1. The Hall–Kier alpha value is -4.15. The minimum Gasteiger partial charge on any atom is -0.490 e. The fraction of sp³-hybridized carbons (Fsp3) is 0.258. The molecule has 1 N–H and O–H groups in total. The second kappa shape index (κ2) is 12.8. The van der Waals surface area contributed by atoms with Crippen molar-refractivity contribution < 1.29 is 33.3 Å². The Kier molecular flexibility index (Phi) is 8.94. The van der Waals surface area contributed by atoms with E-state index >= 15 is 0 Å². The van der Waals surface area contributed by atoms with Gasteiger partial charge in [-0.2, -0.15) is 0 Å². The van der Waals surface area contributed by atoms with Gasteiger partial charge in [-0.25, -0.2) is 0 Å². The van der Waals surface area contributed by atoms with E-state index in [-0.39, 0.29) is 36.7 Å². The van der Waals surface area contributed by atoms with Crippen LogP contribution in [-0.4, -0.2) is 42.0 Å². The fourth-order valence-corrected chi connectivity index (χ4v) is 5.54. The first-order chi connectivity index (χ1) is 20.2. The van der Waals surface area contributed by atoms with Crippen molar-refractivity contribution >= 4 is 52.2 Å². The molecule has 0 atom stereocenters. The van der Waals surface area contributed by atoms with Gasteiger partial charge in [-0.05, 0) is 71.6 Å². The van der Waals surface area contributed by atoms with E-state index in [1.54, 1.807) is 36.4 Å². The van der Waals surface area contributed by atoms with E-state index in [2.05, 4.69) is 19.2 Å². The molecule has 1 fully saturated rings. The van der Waals surface area contributed by atoms with Crippen molar-refractivity contribution in [1.82, 2.24) is 4.90 Å². The summed E-state index contributed by atoms with van der Waals surface area (Å²) in [6.45, 7) is 6.19. The van der Waals surface area contributed by atoms with Gasteiger partial charge in [-0.15, -0.1) is 0 Å². The molecule has 0 radical (unpaired) electrons. The molecule has 1 saturated heterocycles. The Labute approximate surface area is 252 Å². The molecule has 0 spiro atoms. The second-order valence-electron chi connectivity index (χ2n) is 9.78. The topological polar surface area (TPSA) is 103 Å². The Morgan fingerprint density at radius 1 is 1.07 bits per heavy atom. The first-order valence-corrected chi connectivity index (χ1v) is 14.5. The molecule has 3 aromatic carbocycles. The van der Waals surface area contributed by atoms with Crippen molar-refractivity contribution in [2.45, 2.75) is 33.2 Å². The smallest absolute Gasteiger partial charge is 0.293 e. The van der Waals surface area contributed by atoms with Gasteiger partial charge in [0.15, 0.2) is 29.6 Å². The Morgan fingerprint density at radius 3 is 2.60 bits per heavy atom. The van der Waals surface area contributed by atoms with Gasteiger partial charge in [0.1, 0.15) is 0 Å². The van der Waals surface area contributed by atoms with Crippen molar-refractivity contribution in [1.29, 1.82) is 0 Å². The summed E-state index contributed by atoms with van der Waals surface area (Å²) in [6, 6.07) is 16.0. The van der Waals surface area contributed by atoms with Crippen molar-refractivity contribution in [3.05, 3.63) is 81.2 Å². The Morgan fingerprint density at radius 2 is 1.83 bits per heavy atom. The molecule has 5 rings (SSSR count). The first kappa shape index (κ1) is 29.3. The second-order valence-corrected chi connectivity index (χ2v) is 11.2. The van der Waals surface area contributed by atoms with Crippen LogP contribution in [0, 0.1) is 0 Å². The molecule has 3 aromatic rings. The van der Waals surface area contributed by atoms with Crippen LogP contribution in [0.25, 0.3) is 6.08 Å². The molecule has 42 heavy (non-hydrogen) atoms. The van der Waals surface area contributed by atoms with Gasteiger partial charge in [0, 0.05) is 16.8 Å². The summed E-state index contributed by atoms with van der Waals surface area (Å²) < 4.78 is 22.3. The van der Waals surface area contributed by atoms with Gasteiger partial charge in [-0.3, -0.25) is 19.3 Å². The van der Waals surface area contributed by atoms with E-state index in [1.807, 2.05) is 31.2 Å². The van der Waals surface area contributed by atoms with Crippen LogP contribution in [0.1, 0.15) is 43.4 Å². The molecular formula is C31H29ClN2O7S. The number of halogens is 1. The van der Waals surface area contributed by atoms with Crippen molar-refractivity contribution in [3.63, 3.8) is 0 Å². The highest BCUT2D eigenvalue weighted by Gasteiger charge is 2.36. The number of amides is 3. The molecule has 2 heterocycles. The molecule has 0 aromatic heterocycles. The molecule has 0 unspecified atom stereocenters. The molecular weight excluding hydrogens is 580 g/mol. The number of benzene rings is 3. The van der Waals surface area contributed by atoms with Crippen LogP contribution in [0.3, 0.4) is 0 Å². The summed E-state index contributed by atoms with van der Waals surface area (Å²) in [5, 5.41) is 2.87. The molecule has 0 aliphatic carbocycles. The summed E-state index contributed by atoms with van der Waals surface area (Å²) in [6.07, 6.45) is 1.62. The average molecular weight is 609 g/mol. The van der Waals surface area contributed by atoms with Gasteiger partial charge >= 0.3 is 0 Å². The largest absolute Gasteiger partial charge is 0.490 e. The highest BCUT2D eigenvalue weighted by atomic mass is 35.5. The standard InChI is InChI=1S/C31H29ClN2O7S/c1-4-38-25-11-19(9-10-24(25)39-16-29(35)33-23-8-6-5-7-21(23)18(2)3)12-28-30(36)34(31(37)42-28)15-20-13-26-27(14-22(20)32)41-17-40-26/h5-14,18H,4,15-17H2,1-3H3,(H,33,35)/b28-12+. The normalized spacial score (nSPS) is 15.1. The molecule has 0 bridgehead atoms. The number of hydrogen-bond donors (Lipinski definition) is 1. The maximum atomic E-state index is 13.2. The number of fused-ring (bicyclic) bond motifs is 1. The van der Waals surface area contributed by atoms with E-state index in [1.165, 1.54) is 0 Å². The lowest BCUT2D eigenvalue weighted by molar-refractivity contribution is -0.123. The van der Waals surface area contributed by atoms with Crippen molar-refractivity contribution in [3.8, 4) is 23.0 Å². The van der Waals surface area contributed by atoms with Crippen LogP contribution in [0.2, 0.25) is 5.02 Å². The average Bonchev–Trinajstić information content (AvgIpc) is 3.52. The van der Waals surface area contributed by atoms with E-state index < -0.39 is 11.1 Å². The number of nitrogens with zero attached hydrogens (tertiary/aromatic N) is 1. The first-order valence-electron chi connectivity index (χ1n) is 13.3. The molecule has 9 nitrogen and oxygen atoms in total. The minimum atomic E-state index is -0.435.